The van der Waals surface area contributed by atoms with Gasteiger partial charge in [0.1, 0.15) is 0 Å². The van der Waals surface area contributed by atoms with Crippen LogP contribution in [0.5, 0.6) is 0 Å². The monoisotopic (exact) mass is 327 g/mol. The van der Waals surface area contributed by atoms with Crippen LogP contribution < -0.4 is 5.68 Å². The van der Waals surface area contributed by atoms with Crippen molar-refractivity contribution in [3.8, 4) is 17.1 Å². The molecular weight excluding hydrogens is 310 g/mol. The van der Waals surface area contributed by atoms with Crippen LogP contribution in [0.1, 0.15) is 20.8 Å². The van der Waals surface area contributed by atoms with Crippen LogP contribution in [0.15, 0.2) is 64.0 Å². The van der Waals surface area contributed by atoms with Crippen LogP contribution in [-0.2, 0) is 0 Å². The smallest absolute Gasteiger partial charge is 0.321 e. The highest BCUT2D eigenvalue weighted by Gasteiger charge is 2.15. The molecule has 0 saturated heterocycles. The first kappa shape index (κ1) is 15.6. The van der Waals surface area contributed by atoms with Gasteiger partial charge in [-0.1, -0.05) is 41.9 Å². The van der Waals surface area contributed by atoms with E-state index >= 15 is 0 Å². The normalized spacial score (nSPS) is 12.6. The van der Waals surface area contributed by atoms with E-state index in [-0.39, 0.29) is 5.54 Å². The molecule has 3 rings (SSSR count). The molecular formula is C18H18ClN3O. The second kappa shape index (κ2) is 6.05. The van der Waals surface area contributed by atoms with Crippen molar-refractivity contribution >= 4 is 11.6 Å². The van der Waals surface area contributed by atoms with Crippen molar-refractivity contribution in [1.29, 1.82) is 0 Å². The molecule has 0 fully saturated rings. The summed E-state index contributed by atoms with van der Waals surface area (Å²) >= 11 is 6.31. The third-order valence-corrected chi connectivity index (χ3v) is 3.41. The van der Waals surface area contributed by atoms with Crippen molar-refractivity contribution in [2.75, 3.05) is 0 Å². The highest BCUT2D eigenvalue weighted by atomic mass is 35.5. The van der Waals surface area contributed by atoms with E-state index in [2.05, 4.69) is 10.1 Å². The predicted molar refractivity (Wildman–Crippen MR) is 91.6 cm³/mol. The molecule has 118 valence electrons. The van der Waals surface area contributed by atoms with E-state index in [9.17, 15) is 0 Å². The van der Waals surface area contributed by atoms with Crippen molar-refractivity contribution in [2.45, 2.75) is 26.3 Å². The van der Waals surface area contributed by atoms with Gasteiger partial charge in [-0.3, -0.25) is 0 Å². The molecule has 0 aliphatic heterocycles. The molecule has 0 spiro atoms. The Morgan fingerprint density at radius 3 is 2.30 bits per heavy atom. The zero-order valence-corrected chi connectivity index (χ0v) is 14.1. The summed E-state index contributed by atoms with van der Waals surface area (Å²) in [4.78, 5) is 4.63. The van der Waals surface area contributed by atoms with Crippen LogP contribution in [0.4, 0.5) is 0 Å². The van der Waals surface area contributed by atoms with Crippen molar-refractivity contribution in [3.63, 3.8) is 0 Å². The van der Waals surface area contributed by atoms with E-state index in [0.29, 0.717) is 16.6 Å². The fourth-order valence-electron chi connectivity index (χ4n) is 2.12. The first-order valence-corrected chi connectivity index (χ1v) is 7.78. The van der Waals surface area contributed by atoms with Gasteiger partial charge in [-0.05, 0) is 45.0 Å². The third kappa shape index (κ3) is 3.54. The van der Waals surface area contributed by atoms with Gasteiger partial charge in [0.15, 0.2) is 0 Å². The summed E-state index contributed by atoms with van der Waals surface area (Å²) in [5.74, 6) is 0.508. The Hall–Kier alpha value is -2.33. The molecule has 1 aromatic heterocycles. The Labute approximate surface area is 140 Å². The second-order valence-electron chi connectivity index (χ2n) is 6.20. The predicted octanol–water partition coefficient (Wildman–Crippen LogP) is 4.48. The van der Waals surface area contributed by atoms with Gasteiger partial charge in [-0.2, -0.15) is 4.68 Å². The largest absolute Gasteiger partial charge is 0.403 e. The molecule has 0 bridgehead atoms. The topological polar surface area (TPSA) is 43.3 Å². The Balaban J connectivity index is 2.24. The number of halogens is 1. The molecule has 0 atom stereocenters. The lowest BCUT2D eigenvalue weighted by Gasteiger charge is -2.10. The zero-order chi connectivity index (χ0) is 16.4. The maximum Gasteiger partial charge on any atom is 0.321 e. The van der Waals surface area contributed by atoms with Crippen LogP contribution in [-0.4, -0.2) is 15.3 Å². The van der Waals surface area contributed by atoms with Crippen molar-refractivity contribution in [3.05, 3.63) is 65.3 Å². The van der Waals surface area contributed by atoms with E-state index < -0.39 is 0 Å². The Morgan fingerprint density at radius 2 is 1.65 bits per heavy atom. The standard InChI is InChI=1S/C18H18ClN3O/c1-18(2,3)20-17-22(15-12-8-7-11-14(15)19)21-16(23-17)13-9-5-4-6-10-13/h4-12H,1-3H3. The summed E-state index contributed by atoms with van der Waals surface area (Å²) in [5.41, 5.74) is 1.76. The summed E-state index contributed by atoms with van der Waals surface area (Å²) in [5, 5.41) is 5.16. The highest BCUT2D eigenvalue weighted by Crippen LogP contribution is 2.21. The lowest BCUT2D eigenvalue weighted by atomic mass is 10.1. The van der Waals surface area contributed by atoms with Crippen molar-refractivity contribution in [2.24, 2.45) is 4.99 Å². The summed E-state index contributed by atoms with van der Waals surface area (Å²) in [6.07, 6.45) is 0. The van der Waals surface area contributed by atoms with Gasteiger partial charge >= 0.3 is 5.68 Å². The zero-order valence-electron chi connectivity index (χ0n) is 13.3. The fraction of sp³-hybridized carbons (Fsp3) is 0.222. The summed E-state index contributed by atoms with van der Waals surface area (Å²) in [6.45, 7) is 6.03. The number of benzene rings is 2. The molecule has 0 saturated carbocycles. The Kier molecular flexibility index (Phi) is 4.09. The maximum absolute atomic E-state index is 6.31. The van der Waals surface area contributed by atoms with E-state index in [1.54, 1.807) is 4.68 Å². The first-order valence-electron chi connectivity index (χ1n) is 7.40. The van der Waals surface area contributed by atoms with E-state index in [1.807, 2.05) is 75.4 Å². The number of rotatable bonds is 2. The lowest BCUT2D eigenvalue weighted by Crippen LogP contribution is -2.23. The van der Waals surface area contributed by atoms with Gasteiger partial charge in [0.25, 0.3) is 0 Å². The molecule has 0 aliphatic carbocycles. The summed E-state index contributed by atoms with van der Waals surface area (Å²) in [7, 11) is 0. The third-order valence-electron chi connectivity index (χ3n) is 3.09. The maximum atomic E-state index is 6.31. The number of nitrogens with zero attached hydrogens (tertiary/aromatic N) is 3. The van der Waals surface area contributed by atoms with Gasteiger partial charge in [0.2, 0.25) is 5.89 Å². The second-order valence-corrected chi connectivity index (χ2v) is 6.61. The molecule has 0 aliphatic rings. The van der Waals surface area contributed by atoms with Gasteiger partial charge in [0.05, 0.1) is 16.2 Å². The fourth-order valence-corrected chi connectivity index (χ4v) is 2.33. The number of hydrogen-bond donors (Lipinski definition) is 0. The average molecular weight is 328 g/mol. The molecule has 1 heterocycles. The minimum absolute atomic E-state index is 0.295. The van der Waals surface area contributed by atoms with Gasteiger partial charge in [-0.25, -0.2) is 4.99 Å². The minimum Gasteiger partial charge on any atom is -0.403 e. The highest BCUT2D eigenvalue weighted by molar-refractivity contribution is 6.32. The molecule has 0 radical (unpaired) electrons. The summed E-state index contributed by atoms with van der Waals surface area (Å²) < 4.78 is 7.56. The van der Waals surface area contributed by atoms with Crippen LogP contribution in [0.2, 0.25) is 5.02 Å². The lowest BCUT2D eigenvalue weighted by molar-refractivity contribution is 0.445. The molecule has 3 aromatic rings. The quantitative estimate of drug-likeness (QED) is 0.696. The summed E-state index contributed by atoms with van der Waals surface area (Å²) in [6, 6.07) is 17.2. The molecule has 0 N–H and O–H groups in total. The Morgan fingerprint density at radius 1 is 1.00 bits per heavy atom. The van der Waals surface area contributed by atoms with E-state index in [1.165, 1.54) is 0 Å². The molecule has 0 amide bonds. The first-order chi connectivity index (χ1) is 10.9. The SMILES string of the molecule is CC(C)(C)N=c1oc(-c2ccccc2)nn1-c1ccccc1Cl. The number of para-hydroxylation sites is 1. The Bertz CT molecular complexity index is 873. The van der Waals surface area contributed by atoms with Crippen molar-refractivity contribution in [1.82, 2.24) is 9.78 Å². The van der Waals surface area contributed by atoms with Crippen LogP contribution in [0, 0.1) is 0 Å². The van der Waals surface area contributed by atoms with Gasteiger partial charge < -0.3 is 4.42 Å². The number of hydrogen-bond acceptors (Lipinski definition) is 3. The molecule has 23 heavy (non-hydrogen) atoms. The van der Waals surface area contributed by atoms with Crippen LogP contribution in [0.3, 0.4) is 0 Å². The molecule has 0 unspecified atom stereocenters. The van der Waals surface area contributed by atoms with Crippen LogP contribution in [0.25, 0.3) is 17.1 Å². The number of aromatic nitrogens is 2. The average Bonchev–Trinajstić information content (AvgIpc) is 2.90. The van der Waals surface area contributed by atoms with Gasteiger partial charge in [-0.15, -0.1) is 5.10 Å². The van der Waals surface area contributed by atoms with Gasteiger partial charge in [0, 0.05) is 5.56 Å². The molecule has 4 nitrogen and oxygen atoms in total. The molecule has 5 heteroatoms. The van der Waals surface area contributed by atoms with Crippen molar-refractivity contribution < 1.29 is 4.42 Å². The van der Waals surface area contributed by atoms with Crippen LogP contribution >= 0.6 is 11.6 Å². The van der Waals surface area contributed by atoms with E-state index in [4.69, 9.17) is 16.0 Å². The molecule has 2 aromatic carbocycles. The van der Waals surface area contributed by atoms with E-state index in [0.717, 1.165) is 11.3 Å². The minimum atomic E-state index is -0.295.